The summed E-state index contributed by atoms with van der Waals surface area (Å²) in [5, 5.41) is 10.4. The molecule has 0 aliphatic rings. The van der Waals surface area contributed by atoms with Crippen LogP contribution in [-0.2, 0) is 17.8 Å². The van der Waals surface area contributed by atoms with Crippen molar-refractivity contribution in [2.45, 2.75) is 46.0 Å². The Balaban J connectivity index is 2.08. The summed E-state index contributed by atoms with van der Waals surface area (Å²) in [4.78, 5) is 2.27. The molecule has 0 aliphatic heterocycles. The first-order valence-corrected chi connectivity index (χ1v) is 9.72. The molecule has 0 fully saturated rings. The van der Waals surface area contributed by atoms with Crippen molar-refractivity contribution >= 4 is 0 Å². The van der Waals surface area contributed by atoms with Crippen LogP contribution in [0.1, 0.15) is 32.0 Å². The lowest BCUT2D eigenvalue weighted by Crippen LogP contribution is -2.42. The lowest BCUT2D eigenvalue weighted by Gasteiger charge is -2.33. The van der Waals surface area contributed by atoms with Gasteiger partial charge in [0.15, 0.2) is 0 Å². The van der Waals surface area contributed by atoms with Gasteiger partial charge in [0.2, 0.25) is 0 Å². The molecule has 0 saturated heterocycles. The van der Waals surface area contributed by atoms with Crippen LogP contribution in [0.3, 0.4) is 0 Å². The van der Waals surface area contributed by atoms with Crippen molar-refractivity contribution in [2.75, 3.05) is 19.8 Å². The van der Waals surface area contributed by atoms with Crippen LogP contribution < -0.4 is 0 Å². The summed E-state index contributed by atoms with van der Waals surface area (Å²) >= 11 is 0. The van der Waals surface area contributed by atoms with Crippen molar-refractivity contribution in [3.05, 3.63) is 59.7 Å². The van der Waals surface area contributed by atoms with E-state index in [1.54, 1.807) is 12.1 Å². The second-order valence-corrected chi connectivity index (χ2v) is 7.54. The van der Waals surface area contributed by atoms with Crippen LogP contribution in [0.2, 0.25) is 0 Å². The first-order valence-electron chi connectivity index (χ1n) is 9.72. The molecule has 0 aliphatic carbocycles. The van der Waals surface area contributed by atoms with Gasteiger partial charge in [0.25, 0.3) is 0 Å². The van der Waals surface area contributed by atoms with Gasteiger partial charge in [0.1, 0.15) is 12.4 Å². The first kappa shape index (κ1) is 22.2. The smallest absolute Gasteiger partial charge is 0.123 e. The molecule has 2 aromatic rings. The lowest BCUT2D eigenvalue weighted by atomic mass is 10.0. The van der Waals surface area contributed by atoms with Gasteiger partial charge in [-0.15, -0.1) is 6.42 Å². The highest BCUT2D eigenvalue weighted by molar-refractivity contribution is 5.18. The zero-order valence-corrected chi connectivity index (χ0v) is 17.0. The molecule has 1 aromatic carbocycles. The SMILES string of the molecule is C#CCOC[C@@H](O)CN(Cc1cccn1Cc1ccc(F)cc1)[C@H](C)C(C)C. The third-order valence-corrected chi connectivity index (χ3v) is 5.04. The molecule has 0 saturated carbocycles. The van der Waals surface area contributed by atoms with Gasteiger partial charge in [-0.05, 0) is 42.7 Å². The number of ether oxygens (including phenoxy) is 1. The van der Waals surface area contributed by atoms with Gasteiger partial charge in [-0.25, -0.2) is 4.39 Å². The fraction of sp³-hybridized carbons (Fsp3) is 0.478. The first-order chi connectivity index (χ1) is 13.4. The minimum Gasteiger partial charge on any atom is -0.389 e. The number of nitrogens with zero attached hydrogens (tertiary/aromatic N) is 2. The Morgan fingerprint density at radius 1 is 1.21 bits per heavy atom. The quantitative estimate of drug-likeness (QED) is 0.474. The Morgan fingerprint density at radius 3 is 2.57 bits per heavy atom. The van der Waals surface area contributed by atoms with Gasteiger partial charge in [0.05, 0.1) is 12.7 Å². The maximum Gasteiger partial charge on any atom is 0.123 e. The molecule has 4 nitrogen and oxygen atoms in total. The number of aliphatic hydroxyl groups excluding tert-OH is 1. The van der Waals surface area contributed by atoms with Crippen molar-refractivity contribution in [3.63, 3.8) is 0 Å². The molecule has 1 N–H and O–H groups in total. The summed E-state index contributed by atoms with van der Waals surface area (Å²) in [6, 6.07) is 11.0. The van der Waals surface area contributed by atoms with Gasteiger partial charge < -0.3 is 14.4 Å². The molecule has 0 spiro atoms. The van der Waals surface area contributed by atoms with E-state index in [0.29, 0.717) is 25.6 Å². The van der Waals surface area contributed by atoms with Crippen molar-refractivity contribution in [3.8, 4) is 12.3 Å². The van der Waals surface area contributed by atoms with Gasteiger partial charge in [0, 0.05) is 37.6 Å². The van der Waals surface area contributed by atoms with E-state index in [1.807, 2.05) is 12.3 Å². The largest absolute Gasteiger partial charge is 0.389 e. The molecular formula is C23H31FN2O2. The zero-order valence-electron chi connectivity index (χ0n) is 17.0. The predicted octanol–water partition coefficient (Wildman–Crippen LogP) is 3.53. The van der Waals surface area contributed by atoms with Crippen LogP contribution in [-0.4, -0.2) is 46.5 Å². The predicted molar refractivity (Wildman–Crippen MR) is 110 cm³/mol. The topological polar surface area (TPSA) is 37.6 Å². The summed E-state index contributed by atoms with van der Waals surface area (Å²) < 4.78 is 20.6. The summed E-state index contributed by atoms with van der Waals surface area (Å²) in [6.07, 6.45) is 6.62. The van der Waals surface area contributed by atoms with Crippen molar-refractivity contribution in [1.82, 2.24) is 9.47 Å². The van der Waals surface area contributed by atoms with E-state index in [-0.39, 0.29) is 25.1 Å². The second-order valence-electron chi connectivity index (χ2n) is 7.54. The van der Waals surface area contributed by atoms with Crippen molar-refractivity contribution < 1.29 is 14.2 Å². The standard InChI is InChI=1S/C23H31FN2O2/c1-5-13-28-17-23(27)16-26(19(4)18(2)3)15-22-7-6-12-25(22)14-20-8-10-21(24)11-9-20/h1,6-12,18-19,23,27H,13-17H2,2-4H3/t19-,23+/m1/s1. The Kier molecular flexibility index (Phi) is 8.72. The average Bonchev–Trinajstić information content (AvgIpc) is 3.09. The third kappa shape index (κ3) is 6.79. The molecule has 5 heteroatoms. The Morgan fingerprint density at radius 2 is 1.93 bits per heavy atom. The lowest BCUT2D eigenvalue weighted by molar-refractivity contribution is 0.0115. The fourth-order valence-corrected chi connectivity index (χ4v) is 3.12. The van der Waals surface area contributed by atoms with Gasteiger partial charge >= 0.3 is 0 Å². The van der Waals surface area contributed by atoms with Crippen molar-refractivity contribution in [2.24, 2.45) is 5.92 Å². The number of terminal acetylenes is 1. The number of hydrogen-bond donors (Lipinski definition) is 1. The summed E-state index contributed by atoms with van der Waals surface area (Å²) in [7, 11) is 0. The molecule has 2 atom stereocenters. The molecule has 2 rings (SSSR count). The highest BCUT2D eigenvalue weighted by Gasteiger charge is 2.21. The number of rotatable bonds is 11. The molecule has 0 bridgehead atoms. The molecule has 0 amide bonds. The monoisotopic (exact) mass is 386 g/mol. The summed E-state index contributed by atoms with van der Waals surface area (Å²) in [6.45, 7) is 8.85. The van der Waals surface area contributed by atoms with Crippen LogP contribution >= 0.6 is 0 Å². The number of aromatic nitrogens is 1. The average molecular weight is 387 g/mol. The zero-order chi connectivity index (χ0) is 20.5. The highest BCUT2D eigenvalue weighted by Crippen LogP contribution is 2.17. The minimum absolute atomic E-state index is 0.206. The maximum absolute atomic E-state index is 13.2. The van der Waals surface area contributed by atoms with Crippen LogP contribution in [0.4, 0.5) is 4.39 Å². The number of aliphatic hydroxyl groups is 1. The number of halogens is 1. The highest BCUT2D eigenvalue weighted by atomic mass is 19.1. The van der Waals surface area contributed by atoms with Crippen LogP contribution in [0, 0.1) is 24.1 Å². The Labute approximate surface area is 167 Å². The van der Waals surface area contributed by atoms with Gasteiger partial charge in [-0.3, -0.25) is 4.90 Å². The van der Waals surface area contributed by atoms with Crippen LogP contribution in [0.25, 0.3) is 0 Å². The van der Waals surface area contributed by atoms with E-state index < -0.39 is 6.10 Å². The molecule has 152 valence electrons. The van der Waals surface area contributed by atoms with Gasteiger partial charge in [-0.1, -0.05) is 31.9 Å². The van der Waals surface area contributed by atoms with Crippen LogP contribution in [0.5, 0.6) is 0 Å². The van der Waals surface area contributed by atoms with E-state index in [9.17, 15) is 9.50 Å². The molecule has 1 heterocycles. The molecule has 0 unspecified atom stereocenters. The van der Waals surface area contributed by atoms with Gasteiger partial charge in [-0.2, -0.15) is 0 Å². The Bertz CT molecular complexity index is 749. The maximum atomic E-state index is 13.2. The minimum atomic E-state index is -0.602. The molecular weight excluding hydrogens is 355 g/mol. The fourth-order valence-electron chi connectivity index (χ4n) is 3.12. The molecule has 0 radical (unpaired) electrons. The third-order valence-electron chi connectivity index (χ3n) is 5.04. The summed E-state index contributed by atoms with van der Waals surface area (Å²) in [5.74, 6) is 2.63. The number of benzene rings is 1. The normalized spacial score (nSPS) is 13.6. The van der Waals surface area contributed by atoms with Crippen molar-refractivity contribution in [1.29, 1.82) is 0 Å². The summed E-state index contributed by atoms with van der Waals surface area (Å²) in [5.41, 5.74) is 2.19. The van der Waals surface area contributed by atoms with E-state index in [4.69, 9.17) is 11.2 Å². The van der Waals surface area contributed by atoms with E-state index in [1.165, 1.54) is 12.1 Å². The second kappa shape index (κ2) is 11.0. The molecule has 28 heavy (non-hydrogen) atoms. The van der Waals surface area contributed by atoms with E-state index >= 15 is 0 Å². The van der Waals surface area contributed by atoms with E-state index in [2.05, 4.69) is 42.2 Å². The van der Waals surface area contributed by atoms with E-state index in [0.717, 1.165) is 11.3 Å². The van der Waals surface area contributed by atoms with Crippen LogP contribution in [0.15, 0.2) is 42.6 Å². The number of hydrogen-bond acceptors (Lipinski definition) is 3. The molecule has 1 aromatic heterocycles. The Hall–Kier alpha value is -2.13.